The first-order chi connectivity index (χ1) is 15.2. The Labute approximate surface area is 187 Å². The number of ether oxygens (including phenoxy) is 2. The Hall–Kier alpha value is -3.09. The van der Waals surface area contributed by atoms with Crippen LogP contribution in [-0.2, 0) is 13.2 Å². The van der Waals surface area contributed by atoms with Crippen molar-refractivity contribution in [2.24, 2.45) is 5.73 Å². The van der Waals surface area contributed by atoms with E-state index in [0.29, 0.717) is 19.7 Å². The van der Waals surface area contributed by atoms with Gasteiger partial charge in [0.1, 0.15) is 6.61 Å². The minimum atomic E-state index is 0.507. The van der Waals surface area contributed by atoms with Crippen LogP contribution in [0.4, 0.5) is 5.13 Å². The Morgan fingerprint density at radius 3 is 2.58 bits per heavy atom. The van der Waals surface area contributed by atoms with Gasteiger partial charge in [0.25, 0.3) is 0 Å². The molecule has 1 heterocycles. The van der Waals surface area contributed by atoms with Crippen molar-refractivity contribution in [1.29, 1.82) is 0 Å². The number of aryl methyl sites for hydroxylation is 1. The number of rotatable bonds is 9. The molecular formula is C25H27N3O2S. The molecule has 2 N–H and O–H groups in total. The van der Waals surface area contributed by atoms with E-state index in [1.54, 1.807) is 18.4 Å². The second-order valence-electron chi connectivity index (χ2n) is 7.37. The standard InChI is InChI=1S/C25H27N3O2S/c1-18-7-3-4-8-20(18)17-30-22-12-11-19(15-23(22)29-2)16-28(14-13-26)25-27-21-9-5-6-10-24(21)31-25/h3-12,15H,13-14,16-17,26H2,1-2H3. The highest BCUT2D eigenvalue weighted by molar-refractivity contribution is 7.22. The molecule has 1 aromatic heterocycles. The number of methoxy groups -OCH3 is 1. The van der Waals surface area contributed by atoms with Crippen molar-refractivity contribution in [2.75, 3.05) is 25.1 Å². The smallest absolute Gasteiger partial charge is 0.186 e. The fourth-order valence-electron chi connectivity index (χ4n) is 3.47. The molecule has 0 unspecified atom stereocenters. The van der Waals surface area contributed by atoms with E-state index in [9.17, 15) is 0 Å². The molecule has 5 nitrogen and oxygen atoms in total. The van der Waals surface area contributed by atoms with E-state index in [1.807, 2.05) is 42.5 Å². The summed E-state index contributed by atoms with van der Waals surface area (Å²) in [4.78, 5) is 7.01. The Kier molecular flexibility index (Phi) is 6.70. The lowest BCUT2D eigenvalue weighted by molar-refractivity contribution is 0.283. The van der Waals surface area contributed by atoms with Crippen LogP contribution < -0.4 is 20.1 Å². The molecular weight excluding hydrogens is 406 g/mol. The highest BCUT2D eigenvalue weighted by atomic mass is 32.1. The molecule has 160 valence electrons. The second kappa shape index (κ2) is 9.81. The van der Waals surface area contributed by atoms with E-state index in [1.165, 1.54) is 15.8 Å². The first-order valence-electron chi connectivity index (χ1n) is 10.3. The monoisotopic (exact) mass is 433 g/mol. The average molecular weight is 434 g/mol. The van der Waals surface area contributed by atoms with Gasteiger partial charge in [0.15, 0.2) is 16.6 Å². The molecule has 6 heteroatoms. The maximum absolute atomic E-state index is 6.06. The van der Waals surface area contributed by atoms with E-state index in [-0.39, 0.29) is 0 Å². The molecule has 0 radical (unpaired) electrons. The molecule has 0 atom stereocenters. The lowest BCUT2D eigenvalue weighted by atomic mass is 10.1. The van der Waals surface area contributed by atoms with Gasteiger partial charge in [-0.1, -0.05) is 53.8 Å². The zero-order chi connectivity index (χ0) is 21.6. The van der Waals surface area contributed by atoms with Gasteiger partial charge >= 0.3 is 0 Å². The third kappa shape index (κ3) is 4.98. The van der Waals surface area contributed by atoms with E-state index in [0.717, 1.165) is 34.3 Å². The SMILES string of the molecule is COc1cc(CN(CCN)c2nc3ccccc3s2)ccc1OCc1ccccc1C. The first kappa shape index (κ1) is 21.2. The Bertz CT molecular complexity index is 1130. The lowest BCUT2D eigenvalue weighted by Gasteiger charge is -2.22. The molecule has 31 heavy (non-hydrogen) atoms. The second-order valence-corrected chi connectivity index (χ2v) is 8.38. The van der Waals surface area contributed by atoms with Crippen molar-refractivity contribution >= 4 is 26.7 Å². The minimum Gasteiger partial charge on any atom is -0.493 e. The summed E-state index contributed by atoms with van der Waals surface area (Å²) in [7, 11) is 1.67. The molecule has 0 fully saturated rings. The largest absolute Gasteiger partial charge is 0.493 e. The van der Waals surface area contributed by atoms with E-state index >= 15 is 0 Å². The van der Waals surface area contributed by atoms with Crippen molar-refractivity contribution in [3.05, 3.63) is 83.4 Å². The molecule has 0 aliphatic carbocycles. The average Bonchev–Trinajstić information content (AvgIpc) is 3.23. The molecule has 4 aromatic rings. The van der Waals surface area contributed by atoms with Crippen LogP contribution in [0.15, 0.2) is 66.7 Å². The summed E-state index contributed by atoms with van der Waals surface area (Å²) in [6.45, 7) is 4.59. The maximum Gasteiger partial charge on any atom is 0.186 e. The molecule has 0 aliphatic rings. The third-order valence-electron chi connectivity index (χ3n) is 5.20. The summed E-state index contributed by atoms with van der Waals surface area (Å²) < 4.78 is 12.9. The number of anilines is 1. The fourth-order valence-corrected chi connectivity index (χ4v) is 4.46. The number of aromatic nitrogens is 1. The number of benzene rings is 3. The van der Waals surface area contributed by atoms with E-state index < -0.39 is 0 Å². The Morgan fingerprint density at radius 2 is 1.81 bits per heavy atom. The summed E-state index contributed by atoms with van der Waals surface area (Å²) in [5, 5.41) is 0.977. The summed E-state index contributed by atoms with van der Waals surface area (Å²) in [6.07, 6.45) is 0. The van der Waals surface area contributed by atoms with Crippen LogP contribution in [0.5, 0.6) is 11.5 Å². The number of thiazole rings is 1. The zero-order valence-corrected chi connectivity index (χ0v) is 18.7. The zero-order valence-electron chi connectivity index (χ0n) is 17.9. The predicted molar refractivity (Wildman–Crippen MR) is 128 cm³/mol. The summed E-state index contributed by atoms with van der Waals surface area (Å²) in [5.41, 5.74) is 10.4. The highest BCUT2D eigenvalue weighted by Crippen LogP contribution is 2.32. The van der Waals surface area contributed by atoms with Crippen LogP contribution in [0, 0.1) is 6.92 Å². The van der Waals surface area contributed by atoms with Crippen LogP contribution in [0.2, 0.25) is 0 Å². The van der Waals surface area contributed by atoms with Gasteiger partial charge in [-0.3, -0.25) is 0 Å². The number of fused-ring (bicyclic) bond motifs is 1. The van der Waals surface area contributed by atoms with Gasteiger partial charge < -0.3 is 20.1 Å². The van der Waals surface area contributed by atoms with Crippen molar-refractivity contribution in [2.45, 2.75) is 20.1 Å². The van der Waals surface area contributed by atoms with Crippen LogP contribution in [0.3, 0.4) is 0 Å². The summed E-state index contributed by atoms with van der Waals surface area (Å²) in [5.74, 6) is 1.46. The van der Waals surface area contributed by atoms with Gasteiger partial charge in [0.2, 0.25) is 0 Å². The number of nitrogens with zero attached hydrogens (tertiary/aromatic N) is 2. The topological polar surface area (TPSA) is 60.6 Å². The number of hydrogen-bond acceptors (Lipinski definition) is 6. The lowest BCUT2D eigenvalue weighted by Crippen LogP contribution is -2.28. The molecule has 0 spiro atoms. The van der Waals surface area contributed by atoms with Crippen LogP contribution >= 0.6 is 11.3 Å². The highest BCUT2D eigenvalue weighted by Gasteiger charge is 2.14. The summed E-state index contributed by atoms with van der Waals surface area (Å²) in [6, 6.07) is 22.5. The minimum absolute atomic E-state index is 0.507. The van der Waals surface area contributed by atoms with Gasteiger partial charge in [0.05, 0.1) is 17.3 Å². The molecule has 3 aromatic carbocycles. The Morgan fingerprint density at radius 1 is 1.00 bits per heavy atom. The third-order valence-corrected chi connectivity index (χ3v) is 6.30. The molecule has 4 rings (SSSR count). The van der Waals surface area contributed by atoms with Gasteiger partial charge in [0, 0.05) is 19.6 Å². The Balaban J connectivity index is 1.52. The molecule has 0 aliphatic heterocycles. The van der Waals surface area contributed by atoms with Crippen molar-refractivity contribution in [1.82, 2.24) is 4.98 Å². The van der Waals surface area contributed by atoms with Crippen molar-refractivity contribution in [3.8, 4) is 11.5 Å². The van der Waals surface area contributed by atoms with Crippen molar-refractivity contribution in [3.63, 3.8) is 0 Å². The molecule has 0 bridgehead atoms. The van der Waals surface area contributed by atoms with Crippen LogP contribution in [-0.4, -0.2) is 25.2 Å². The van der Waals surface area contributed by atoms with Crippen LogP contribution in [0.25, 0.3) is 10.2 Å². The normalized spacial score (nSPS) is 10.9. The quantitative estimate of drug-likeness (QED) is 0.395. The van der Waals surface area contributed by atoms with Crippen molar-refractivity contribution < 1.29 is 9.47 Å². The number of hydrogen-bond donors (Lipinski definition) is 1. The number of nitrogens with two attached hydrogens (primary N) is 1. The molecule has 0 amide bonds. The maximum atomic E-state index is 6.06. The molecule has 0 saturated carbocycles. The molecule has 0 saturated heterocycles. The van der Waals surface area contributed by atoms with Gasteiger partial charge in [-0.25, -0.2) is 4.98 Å². The van der Waals surface area contributed by atoms with E-state index in [4.69, 9.17) is 20.2 Å². The summed E-state index contributed by atoms with van der Waals surface area (Å²) >= 11 is 1.69. The van der Waals surface area contributed by atoms with Gasteiger partial charge in [-0.15, -0.1) is 0 Å². The fraction of sp³-hybridized carbons (Fsp3) is 0.240. The van der Waals surface area contributed by atoms with Crippen LogP contribution in [0.1, 0.15) is 16.7 Å². The number of para-hydroxylation sites is 1. The first-order valence-corrected chi connectivity index (χ1v) is 11.1. The van der Waals surface area contributed by atoms with E-state index in [2.05, 4.69) is 36.1 Å². The van der Waals surface area contributed by atoms with Gasteiger partial charge in [-0.05, 0) is 47.9 Å². The van der Waals surface area contributed by atoms with Gasteiger partial charge in [-0.2, -0.15) is 0 Å². The predicted octanol–water partition coefficient (Wildman–Crippen LogP) is 5.16.